The maximum atomic E-state index is 5.21. The Morgan fingerprint density at radius 3 is 2.41 bits per heavy atom. The predicted molar refractivity (Wildman–Crippen MR) is 89.6 cm³/mol. The molecule has 4 heteroatoms. The van der Waals surface area contributed by atoms with Crippen LogP contribution in [0, 0.1) is 0 Å². The molecule has 0 radical (unpaired) electrons. The highest BCUT2D eigenvalue weighted by atomic mass is 16.5. The Morgan fingerprint density at radius 1 is 1.00 bits per heavy atom. The maximum absolute atomic E-state index is 5.21. The third-order valence-corrected chi connectivity index (χ3v) is 4.22. The smallest absolute Gasteiger partial charge is 0.119 e. The van der Waals surface area contributed by atoms with Gasteiger partial charge in [0.2, 0.25) is 0 Å². The minimum Gasteiger partial charge on any atom is -0.497 e. The molecule has 1 aliphatic heterocycles. The predicted octanol–water partition coefficient (Wildman–Crippen LogP) is 2.45. The summed E-state index contributed by atoms with van der Waals surface area (Å²) in [6.07, 6.45) is 2.90. The lowest BCUT2D eigenvalue weighted by Gasteiger charge is -2.36. The fraction of sp³-hybridized carbons (Fsp3) is 0.389. The van der Waals surface area contributed by atoms with Gasteiger partial charge in [-0.25, -0.2) is 0 Å². The molecule has 0 N–H and O–H groups in total. The van der Waals surface area contributed by atoms with Crippen molar-refractivity contribution in [3.05, 3.63) is 54.4 Å². The molecule has 1 saturated heterocycles. The second kappa shape index (κ2) is 7.27. The van der Waals surface area contributed by atoms with E-state index in [2.05, 4.69) is 39.0 Å². The topological polar surface area (TPSA) is 28.6 Å². The van der Waals surface area contributed by atoms with Gasteiger partial charge in [0.15, 0.2) is 0 Å². The van der Waals surface area contributed by atoms with Crippen molar-refractivity contribution in [2.45, 2.75) is 6.42 Å². The molecule has 2 heterocycles. The summed E-state index contributed by atoms with van der Waals surface area (Å²) in [6, 6.07) is 14.5. The largest absolute Gasteiger partial charge is 0.497 e. The molecule has 116 valence electrons. The van der Waals surface area contributed by atoms with Gasteiger partial charge in [0, 0.05) is 56.7 Å². The summed E-state index contributed by atoms with van der Waals surface area (Å²) in [6.45, 7) is 5.47. The van der Waals surface area contributed by atoms with Crippen molar-refractivity contribution in [2.75, 3.05) is 44.7 Å². The van der Waals surface area contributed by atoms with E-state index in [0.717, 1.165) is 44.9 Å². The van der Waals surface area contributed by atoms with Crippen LogP contribution in [0.3, 0.4) is 0 Å². The molecule has 2 aromatic rings. The van der Waals surface area contributed by atoms with E-state index < -0.39 is 0 Å². The number of rotatable bonds is 5. The summed E-state index contributed by atoms with van der Waals surface area (Å²) < 4.78 is 5.21. The third-order valence-electron chi connectivity index (χ3n) is 4.22. The number of methoxy groups -OCH3 is 1. The lowest BCUT2D eigenvalue weighted by molar-refractivity contribution is 0.260. The van der Waals surface area contributed by atoms with Crippen molar-refractivity contribution in [3.63, 3.8) is 0 Å². The number of anilines is 1. The standard InChI is InChI=1S/C18H23N3O/c1-22-18-7-5-17(6-8-18)21-14-12-20(13-15-21)11-9-16-4-2-3-10-19-16/h2-8,10H,9,11-15H2,1H3. The number of pyridine rings is 1. The molecule has 1 fully saturated rings. The lowest BCUT2D eigenvalue weighted by atomic mass is 10.2. The second-order valence-corrected chi connectivity index (χ2v) is 5.60. The van der Waals surface area contributed by atoms with Gasteiger partial charge in [0.25, 0.3) is 0 Å². The molecular formula is C18H23N3O. The summed E-state index contributed by atoms with van der Waals surface area (Å²) in [7, 11) is 1.70. The monoisotopic (exact) mass is 297 g/mol. The molecule has 0 unspecified atom stereocenters. The molecule has 0 bridgehead atoms. The summed E-state index contributed by atoms with van der Waals surface area (Å²) in [5, 5.41) is 0. The van der Waals surface area contributed by atoms with E-state index in [-0.39, 0.29) is 0 Å². The number of hydrogen-bond donors (Lipinski definition) is 0. The highest BCUT2D eigenvalue weighted by Crippen LogP contribution is 2.20. The number of benzene rings is 1. The summed E-state index contributed by atoms with van der Waals surface area (Å²) >= 11 is 0. The first-order chi connectivity index (χ1) is 10.8. The van der Waals surface area contributed by atoms with Gasteiger partial charge in [-0.3, -0.25) is 9.88 Å². The maximum Gasteiger partial charge on any atom is 0.119 e. The van der Waals surface area contributed by atoms with Gasteiger partial charge in [-0.2, -0.15) is 0 Å². The second-order valence-electron chi connectivity index (χ2n) is 5.60. The van der Waals surface area contributed by atoms with Crippen LogP contribution in [0.4, 0.5) is 5.69 Å². The molecule has 0 atom stereocenters. The minimum absolute atomic E-state index is 0.915. The molecule has 0 aliphatic carbocycles. The highest BCUT2D eigenvalue weighted by Gasteiger charge is 2.17. The minimum atomic E-state index is 0.915. The Labute approximate surface area is 132 Å². The average Bonchev–Trinajstić information content (AvgIpc) is 2.61. The fourth-order valence-electron chi connectivity index (χ4n) is 2.84. The summed E-state index contributed by atoms with van der Waals surface area (Å²) in [4.78, 5) is 9.36. The van der Waals surface area contributed by atoms with Gasteiger partial charge in [0.05, 0.1) is 7.11 Å². The average molecular weight is 297 g/mol. The van der Waals surface area contributed by atoms with Gasteiger partial charge in [-0.15, -0.1) is 0 Å². The zero-order chi connectivity index (χ0) is 15.2. The van der Waals surface area contributed by atoms with Gasteiger partial charge in [0.1, 0.15) is 5.75 Å². The number of ether oxygens (including phenoxy) is 1. The van der Waals surface area contributed by atoms with E-state index in [1.54, 1.807) is 7.11 Å². The van der Waals surface area contributed by atoms with Crippen LogP contribution in [0.15, 0.2) is 48.7 Å². The Morgan fingerprint density at radius 2 is 1.77 bits per heavy atom. The van der Waals surface area contributed by atoms with Crippen LogP contribution in [-0.2, 0) is 6.42 Å². The lowest BCUT2D eigenvalue weighted by Crippen LogP contribution is -2.47. The Hall–Kier alpha value is -2.07. The van der Waals surface area contributed by atoms with E-state index in [0.29, 0.717) is 0 Å². The zero-order valence-electron chi connectivity index (χ0n) is 13.1. The van der Waals surface area contributed by atoms with Gasteiger partial charge in [-0.1, -0.05) is 6.07 Å². The Bertz CT molecular complexity index is 563. The molecule has 1 aliphatic rings. The molecule has 1 aromatic carbocycles. The highest BCUT2D eigenvalue weighted by molar-refractivity contribution is 5.49. The van der Waals surface area contributed by atoms with E-state index in [1.807, 2.05) is 24.4 Å². The first kappa shape index (κ1) is 14.9. The molecule has 22 heavy (non-hydrogen) atoms. The number of aromatic nitrogens is 1. The molecule has 1 aromatic heterocycles. The van der Waals surface area contributed by atoms with Gasteiger partial charge in [-0.05, 0) is 36.4 Å². The van der Waals surface area contributed by atoms with Crippen molar-refractivity contribution in [1.29, 1.82) is 0 Å². The quantitative estimate of drug-likeness (QED) is 0.847. The van der Waals surface area contributed by atoms with Crippen LogP contribution in [-0.4, -0.2) is 49.7 Å². The van der Waals surface area contributed by atoms with Crippen LogP contribution in [0.2, 0.25) is 0 Å². The molecule has 0 saturated carbocycles. The van der Waals surface area contributed by atoms with Crippen LogP contribution in [0.25, 0.3) is 0 Å². The van der Waals surface area contributed by atoms with Crippen LogP contribution >= 0.6 is 0 Å². The molecule has 3 rings (SSSR count). The summed E-state index contributed by atoms with van der Waals surface area (Å²) in [5.74, 6) is 0.915. The van der Waals surface area contributed by atoms with E-state index >= 15 is 0 Å². The number of nitrogens with zero attached hydrogens (tertiary/aromatic N) is 3. The third kappa shape index (κ3) is 3.77. The van der Waals surface area contributed by atoms with Crippen molar-refractivity contribution in [3.8, 4) is 5.75 Å². The van der Waals surface area contributed by atoms with Crippen molar-refractivity contribution >= 4 is 5.69 Å². The number of hydrogen-bond acceptors (Lipinski definition) is 4. The van der Waals surface area contributed by atoms with Crippen molar-refractivity contribution in [1.82, 2.24) is 9.88 Å². The van der Waals surface area contributed by atoms with Gasteiger partial charge >= 0.3 is 0 Å². The van der Waals surface area contributed by atoms with E-state index in [1.165, 1.54) is 11.4 Å². The molecular weight excluding hydrogens is 274 g/mol. The van der Waals surface area contributed by atoms with E-state index in [9.17, 15) is 0 Å². The van der Waals surface area contributed by atoms with Crippen LogP contribution in [0.1, 0.15) is 5.69 Å². The Balaban J connectivity index is 1.47. The van der Waals surface area contributed by atoms with Crippen molar-refractivity contribution in [2.24, 2.45) is 0 Å². The molecule has 4 nitrogen and oxygen atoms in total. The Kier molecular flexibility index (Phi) is 4.91. The first-order valence-corrected chi connectivity index (χ1v) is 7.86. The normalized spacial score (nSPS) is 15.8. The molecule has 0 amide bonds. The van der Waals surface area contributed by atoms with Gasteiger partial charge < -0.3 is 9.64 Å². The molecule has 0 spiro atoms. The van der Waals surface area contributed by atoms with Crippen LogP contribution < -0.4 is 9.64 Å². The zero-order valence-corrected chi connectivity index (χ0v) is 13.1. The van der Waals surface area contributed by atoms with Crippen LogP contribution in [0.5, 0.6) is 5.75 Å². The summed E-state index contributed by atoms with van der Waals surface area (Å²) in [5.41, 5.74) is 2.46. The van der Waals surface area contributed by atoms with E-state index in [4.69, 9.17) is 4.74 Å². The fourth-order valence-corrected chi connectivity index (χ4v) is 2.84. The van der Waals surface area contributed by atoms with Crippen molar-refractivity contribution < 1.29 is 4.74 Å². The first-order valence-electron chi connectivity index (χ1n) is 7.86. The number of piperazine rings is 1. The SMILES string of the molecule is COc1ccc(N2CCN(CCc3ccccn3)CC2)cc1.